The first-order chi connectivity index (χ1) is 17.3. The van der Waals surface area contributed by atoms with Gasteiger partial charge in [0.05, 0.1) is 43.0 Å². The number of hydroxylamine groups is 1. The van der Waals surface area contributed by atoms with Gasteiger partial charge in [0.2, 0.25) is 0 Å². The summed E-state index contributed by atoms with van der Waals surface area (Å²) in [5, 5.41) is 24.3. The fraction of sp³-hybridized carbons (Fsp3) is 0.391. The van der Waals surface area contributed by atoms with Gasteiger partial charge >= 0.3 is 0 Å². The fourth-order valence-electron chi connectivity index (χ4n) is 3.68. The quantitative estimate of drug-likeness (QED) is 0.125. The van der Waals surface area contributed by atoms with Gasteiger partial charge in [0.25, 0.3) is 5.91 Å². The van der Waals surface area contributed by atoms with Gasteiger partial charge in [0, 0.05) is 21.7 Å². The van der Waals surface area contributed by atoms with Gasteiger partial charge in [-0.05, 0) is 66.2 Å². The lowest BCUT2D eigenvalue weighted by molar-refractivity contribution is 0.0168. The maximum Gasteiger partial charge on any atom is 0.277 e. The maximum atomic E-state index is 15.1. The fourth-order valence-corrected chi connectivity index (χ4v) is 4.14. The van der Waals surface area contributed by atoms with Crippen LogP contribution in [0.1, 0.15) is 28.8 Å². The molecule has 1 amide bonds. The summed E-state index contributed by atoms with van der Waals surface area (Å²) in [6, 6.07) is 5.13. The van der Waals surface area contributed by atoms with E-state index in [1.807, 2.05) is 28.1 Å². The second-order valence-electron chi connectivity index (χ2n) is 7.85. The molecule has 0 bridgehead atoms. The second-order valence-corrected chi connectivity index (χ2v) is 9.10. The summed E-state index contributed by atoms with van der Waals surface area (Å²) >= 11 is 1.89. The van der Waals surface area contributed by atoms with Gasteiger partial charge < -0.3 is 20.4 Å². The lowest BCUT2D eigenvalue weighted by atomic mass is 10.1. The van der Waals surface area contributed by atoms with Crippen molar-refractivity contribution in [2.75, 3.05) is 44.8 Å². The van der Waals surface area contributed by atoms with E-state index in [4.69, 9.17) is 14.8 Å². The van der Waals surface area contributed by atoms with Crippen LogP contribution in [0.25, 0.3) is 0 Å². The highest BCUT2D eigenvalue weighted by Gasteiger charge is 2.24. The van der Waals surface area contributed by atoms with Crippen molar-refractivity contribution in [3.63, 3.8) is 0 Å². The van der Waals surface area contributed by atoms with Gasteiger partial charge in [0.15, 0.2) is 11.6 Å². The molecule has 1 aliphatic rings. The molecular weight excluding hydrogens is 596 g/mol. The van der Waals surface area contributed by atoms with Crippen molar-refractivity contribution in [2.24, 2.45) is 5.16 Å². The molecule has 1 saturated heterocycles. The molecule has 1 fully saturated rings. The number of anilines is 2. The predicted molar refractivity (Wildman–Crippen MR) is 134 cm³/mol. The first-order valence-electron chi connectivity index (χ1n) is 11.1. The van der Waals surface area contributed by atoms with Crippen LogP contribution in [0.3, 0.4) is 0 Å². The number of likely N-dealkylation sites (tertiary alicyclic amines) is 1. The van der Waals surface area contributed by atoms with E-state index in [1.165, 1.54) is 12.1 Å². The van der Waals surface area contributed by atoms with E-state index in [0.29, 0.717) is 10.1 Å². The average molecular weight is 622 g/mol. The van der Waals surface area contributed by atoms with E-state index < -0.39 is 34.6 Å². The van der Waals surface area contributed by atoms with Crippen LogP contribution in [0.4, 0.5) is 24.5 Å². The molecule has 36 heavy (non-hydrogen) atoms. The summed E-state index contributed by atoms with van der Waals surface area (Å²) in [7, 11) is 0. The molecule has 1 heterocycles. The monoisotopic (exact) mass is 622 g/mol. The first kappa shape index (κ1) is 28.1. The molecule has 0 unspecified atom stereocenters. The summed E-state index contributed by atoms with van der Waals surface area (Å²) < 4.78 is 44.8. The van der Waals surface area contributed by atoms with Crippen LogP contribution in [-0.2, 0) is 9.68 Å². The van der Waals surface area contributed by atoms with Gasteiger partial charge in [-0.2, -0.15) is 0 Å². The lowest BCUT2D eigenvalue weighted by Crippen LogP contribution is -2.34. The number of carbonyl (C=O) groups is 1. The number of halogens is 4. The van der Waals surface area contributed by atoms with Crippen LogP contribution in [0.5, 0.6) is 0 Å². The van der Waals surface area contributed by atoms with Crippen LogP contribution in [0, 0.1) is 21.0 Å². The lowest BCUT2D eigenvalue weighted by Gasteiger charge is -2.21. The van der Waals surface area contributed by atoms with Crippen LogP contribution in [0.15, 0.2) is 29.4 Å². The zero-order valence-corrected chi connectivity index (χ0v) is 21.3. The molecule has 4 N–H and O–H groups in total. The Bertz CT molecular complexity index is 1090. The average Bonchev–Trinajstić information content (AvgIpc) is 3.32. The number of carbonyl (C=O) groups excluding carboxylic acids is 1. The maximum absolute atomic E-state index is 15.1. The number of aliphatic hydroxyl groups excluding tert-OH is 2. The first-order valence-corrected chi connectivity index (χ1v) is 12.2. The number of oxime groups is 1. The molecule has 1 atom stereocenters. The summed E-state index contributed by atoms with van der Waals surface area (Å²) in [6.07, 6.45) is 2.79. The number of hydrogen-bond donors (Lipinski definition) is 4. The van der Waals surface area contributed by atoms with E-state index in [2.05, 4.69) is 15.4 Å². The van der Waals surface area contributed by atoms with Crippen molar-refractivity contribution < 1.29 is 37.9 Å². The van der Waals surface area contributed by atoms with Crippen molar-refractivity contribution >= 4 is 46.1 Å². The summed E-state index contributed by atoms with van der Waals surface area (Å²) in [6.45, 7) is 0.908. The molecule has 0 saturated carbocycles. The number of nitrogens with zero attached hydrogens (tertiary/aromatic N) is 2. The third-order valence-electron chi connectivity index (χ3n) is 5.47. The molecule has 0 radical (unpaired) electrons. The molecule has 1 aliphatic heterocycles. The summed E-state index contributed by atoms with van der Waals surface area (Å²) in [5.41, 5.74) is 0.450. The van der Waals surface area contributed by atoms with Crippen molar-refractivity contribution in [1.29, 1.82) is 0 Å². The summed E-state index contributed by atoms with van der Waals surface area (Å²) in [4.78, 5) is 24.6. The van der Waals surface area contributed by atoms with Gasteiger partial charge in [-0.15, -0.1) is 0 Å². The van der Waals surface area contributed by atoms with Gasteiger partial charge in [0.1, 0.15) is 12.4 Å². The Balaban J connectivity index is 1.81. The Morgan fingerprint density at radius 2 is 2.03 bits per heavy atom. The van der Waals surface area contributed by atoms with E-state index in [1.54, 1.807) is 6.07 Å². The van der Waals surface area contributed by atoms with E-state index in [-0.39, 0.29) is 43.7 Å². The van der Waals surface area contributed by atoms with Crippen LogP contribution >= 0.6 is 22.6 Å². The zero-order chi connectivity index (χ0) is 26.1. The largest absolute Gasteiger partial charge is 0.395 e. The van der Waals surface area contributed by atoms with Crippen molar-refractivity contribution in [2.45, 2.75) is 18.9 Å². The second kappa shape index (κ2) is 13.7. The molecule has 0 aliphatic carbocycles. The topological polar surface area (TPSA) is 116 Å². The normalized spacial score (nSPS) is 16.0. The van der Waals surface area contributed by atoms with E-state index in [9.17, 15) is 18.7 Å². The third kappa shape index (κ3) is 7.29. The minimum atomic E-state index is -1.44. The number of nitrogens with one attached hydrogen (secondary N) is 2. The van der Waals surface area contributed by atoms with E-state index in [0.717, 1.165) is 31.7 Å². The highest BCUT2D eigenvalue weighted by molar-refractivity contribution is 14.1. The molecule has 2 aromatic carbocycles. The number of benzene rings is 2. The molecule has 0 aromatic heterocycles. The number of hydrogen-bond acceptors (Lipinski definition) is 8. The Kier molecular flexibility index (Phi) is 10.7. The van der Waals surface area contributed by atoms with Crippen molar-refractivity contribution in [1.82, 2.24) is 10.4 Å². The van der Waals surface area contributed by atoms with Crippen LogP contribution < -0.4 is 10.8 Å². The summed E-state index contributed by atoms with van der Waals surface area (Å²) in [5.74, 6) is -4.46. The smallest absolute Gasteiger partial charge is 0.277 e. The molecule has 0 spiro atoms. The molecule has 196 valence electrons. The molecule has 3 rings (SSSR count). The zero-order valence-electron chi connectivity index (χ0n) is 19.1. The number of aliphatic hydroxyl groups is 2. The van der Waals surface area contributed by atoms with Crippen LogP contribution in [-0.4, -0.2) is 72.8 Å². The van der Waals surface area contributed by atoms with E-state index >= 15 is 4.39 Å². The Morgan fingerprint density at radius 1 is 1.22 bits per heavy atom. The van der Waals surface area contributed by atoms with Gasteiger partial charge in [-0.1, -0.05) is 5.16 Å². The SMILES string of the molecule is O=C(NOCCO)c1cc(C=NOCCN2CCC[C@H]2CO)c(F)c(F)c1Nc1ccc(I)cc1F. The highest BCUT2D eigenvalue weighted by Crippen LogP contribution is 2.30. The Morgan fingerprint density at radius 3 is 2.75 bits per heavy atom. The standard InChI is InChI=1S/C23H26F3IN4O5/c24-18-11-15(27)3-4-19(18)29-22-17(23(34)30-36-9-7-32)10-14(20(25)21(22)26)12-28-35-8-6-31-5-1-2-16(31)13-33/h3-4,10-12,16,29,32-33H,1-2,5-9,13H2,(H,30,34)/t16-/m0/s1. The minimum Gasteiger partial charge on any atom is -0.395 e. The molecule has 13 heteroatoms. The predicted octanol–water partition coefficient (Wildman–Crippen LogP) is 2.91. The Hall–Kier alpha value is -2.46. The van der Waals surface area contributed by atoms with Crippen molar-refractivity contribution in [3.8, 4) is 0 Å². The Labute approximate surface area is 219 Å². The minimum absolute atomic E-state index is 0.0487. The third-order valence-corrected chi connectivity index (χ3v) is 6.15. The number of rotatable bonds is 12. The number of amides is 1. The van der Waals surface area contributed by atoms with Gasteiger partial charge in [-0.3, -0.25) is 14.5 Å². The molecule has 2 aromatic rings. The van der Waals surface area contributed by atoms with Crippen molar-refractivity contribution in [3.05, 3.63) is 56.4 Å². The van der Waals surface area contributed by atoms with Crippen LogP contribution in [0.2, 0.25) is 0 Å². The molecule has 9 nitrogen and oxygen atoms in total. The highest BCUT2D eigenvalue weighted by atomic mass is 127. The van der Waals surface area contributed by atoms with Gasteiger partial charge in [-0.25, -0.2) is 18.7 Å². The molecular formula is C23H26F3IN4O5.